The lowest BCUT2D eigenvalue weighted by Gasteiger charge is -2.34. The van der Waals surface area contributed by atoms with Crippen LogP contribution in [0.2, 0.25) is 0 Å². The molecule has 1 aromatic heterocycles. The van der Waals surface area contributed by atoms with Gasteiger partial charge in [0.2, 0.25) is 5.92 Å². The van der Waals surface area contributed by atoms with Crippen molar-refractivity contribution in [3.63, 3.8) is 0 Å². The van der Waals surface area contributed by atoms with Crippen LogP contribution < -0.4 is 5.32 Å². The Bertz CT molecular complexity index is 384. The van der Waals surface area contributed by atoms with Gasteiger partial charge in [-0.2, -0.15) is 0 Å². The van der Waals surface area contributed by atoms with Gasteiger partial charge in [-0.15, -0.1) is 11.3 Å². The van der Waals surface area contributed by atoms with E-state index in [2.05, 4.69) is 28.2 Å². The zero-order chi connectivity index (χ0) is 13.2. The van der Waals surface area contributed by atoms with E-state index in [0.717, 1.165) is 11.0 Å². The van der Waals surface area contributed by atoms with E-state index >= 15 is 0 Å². The minimum Gasteiger partial charge on any atom is -0.309 e. The molecule has 18 heavy (non-hydrogen) atoms. The molecule has 1 aliphatic carbocycles. The lowest BCUT2D eigenvalue weighted by Crippen LogP contribution is -2.33. The maximum Gasteiger partial charge on any atom is 0.248 e. The molecule has 1 aromatic rings. The standard InChI is InChI=1S/C13H18BrF2NS/c1-2-17-11(12-10(14)5-8-18-12)9-3-6-13(15,16)7-4-9/h5,8-9,11,17H,2-4,6-7H2,1H3. The van der Waals surface area contributed by atoms with Crippen molar-refractivity contribution in [1.82, 2.24) is 5.32 Å². The number of thiophene rings is 1. The number of halogens is 3. The van der Waals surface area contributed by atoms with E-state index in [1.165, 1.54) is 4.88 Å². The van der Waals surface area contributed by atoms with Crippen molar-refractivity contribution in [2.75, 3.05) is 6.54 Å². The molecule has 0 spiro atoms. The molecule has 0 aromatic carbocycles. The topological polar surface area (TPSA) is 12.0 Å². The summed E-state index contributed by atoms with van der Waals surface area (Å²) in [4.78, 5) is 1.24. The SMILES string of the molecule is CCNC(c1sccc1Br)C1CCC(F)(F)CC1. The summed E-state index contributed by atoms with van der Waals surface area (Å²) in [7, 11) is 0. The molecule has 1 nitrogen and oxygen atoms in total. The van der Waals surface area contributed by atoms with Gasteiger partial charge in [-0.25, -0.2) is 8.78 Å². The van der Waals surface area contributed by atoms with E-state index in [0.29, 0.717) is 18.8 Å². The van der Waals surface area contributed by atoms with Gasteiger partial charge in [0.1, 0.15) is 0 Å². The van der Waals surface area contributed by atoms with Crippen LogP contribution in [0.15, 0.2) is 15.9 Å². The van der Waals surface area contributed by atoms with Gasteiger partial charge in [-0.05, 0) is 52.7 Å². The average molecular weight is 338 g/mol. The number of hydrogen-bond acceptors (Lipinski definition) is 2. The van der Waals surface area contributed by atoms with E-state index in [4.69, 9.17) is 0 Å². The molecular weight excluding hydrogens is 320 g/mol. The number of nitrogens with one attached hydrogen (secondary N) is 1. The van der Waals surface area contributed by atoms with Crippen LogP contribution in [0.3, 0.4) is 0 Å². The lowest BCUT2D eigenvalue weighted by molar-refractivity contribution is -0.0495. The van der Waals surface area contributed by atoms with Crippen molar-refractivity contribution in [3.8, 4) is 0 Å². The van der Waals surface area contributed by atoms with Crippen LogP contribution in [0.25, 0.3) is 0 Å². The Morgan fingerprint density at radius 3 is 2.67 bits per heavy atom. The molecule has 1 atom stereocenters. The third-order valence-corrected chi connectivity index (χ3v) is 5.54. The summed E-state index contributed by atoms with van der Waals surface area (Å²) in [6.45, 7) is 2.92. The van der Waals surface area contributed by atoms with Gasteiger partial charge in [-0.1, -0.05) is 6.92 Å². The van der Waals surface area contributed by atoms with Crippen molar-refractivity contribution < 1.29 is 8.78 Å². The van der Waals surface area contributed by atoms with Crippen molar-refractivity contribution in [2.24, 2.45) is 5.92 Å². The van der Waals surface area contributed by atoms with Crippen molar-refractivity contribution in [2.45, 2.75) is 44.6 Å². The molecule has 1 heterocycles. The van der Waals surface area contributed by atoms with Gasteiger partial charge in [0.15, 0.2) is 0 Å². The number of rotatable bonds is 4. The fourth-order valence-electron chi connectivity index (χ4n) is 2.62. The van der Waals surface area contributed by atoms with Crippen LogP contribution in [0.4, 0.5) is 8.78 Å². The van der Waals surface area contributed by atoms with Crippen LogP contribution in [-0.4, -0.2) is 12.5 Å². The zero-order valence-corrected chi connectivity index (χ0v) is 12.8. The molecule has 2 rings (SSSR count). The largest absolute Gasteiger partial charge is 0.309 e. The molecule has 0 bridgehead atoms. The first-order chi connectivity index (χ1) is 8.53. The average Bonchev–Trinajstić information content (AvgIpc) is 2.73. The lowest BCUT2D eigenvalue weighted by atomic mass is 9.81. The Labute approximate surface area is 119 Å². The van der Waals surface area contributed by atoms with Gasteiger partial charge in [-0.3, -0.25) is 0 Å². The van der Waals surface area contributed by atoms with Crippen LogP contribution in [-0.2, 0) is 0 Å². The van der Waals surface area contributed by atoms with E-state index in [1.54, 1.807) is 11.3 Å². The quantitative estimate of drug-likeness (QED) is 0.816. The predicted octanol–water partition coefficient (Wildman–Crippen LogP) is 4.99. The summed E-state index contributed by atoms with van der Waals surface area (Å²) >= 11 is 5.24. The maximum absolute atomic E-state index is 13.2. The second-order valence-corrected chi connectivity index (χ2v) is 6.66. The molecule has 1 saturated carbocycles. The van der Waals surface area contributed by atoms with Crippen LogP contribution in [0.1, 0.15) is 43.5 Å². The van der Waals surface area contributed by atoms with Crippen molar-refractivity contribution in [3.05, 3.63) is 20.8 Å². The normalized spacial score (nSPS) is 22.0. The molecule has 1 N–H and O–H groups in total. The fraction of sp³-hybridized carbons (Fsp3) is 0.692. The van der Waals surface area contributed by atoms with E-state index in [-0.39, 0.29) is 18.9 Å². The molecule has 1 unspecified atom stereocenters. The van der Waals surface area contributed by atoms with E-state index in [9.17, 15) is 8.78 Å². The third-order valence-electron chi connectivity index (χ3n) is 3.58. The van der Waals surface area contributed by atoms with Crippen molar-refractivity contribution >= 4 is 27.3 Å². The Hall–Kier alpha value is -0.0000000000000000555. The molecule has 1 fully saturated rings. The number of hydrogen-bond donors (Lipinski definition) is 1. The second kappa shape index (κ2) is 5.97. The summed E-state index contributed by atoms with van der Waals surface area (Å²) in [5, 5.41) is 5.50. The smallest absolute Gasteiger partial charge is 0.248 e. The first kappa shape index (κ1) is 14.4. The molecule has 102 valence electrons. The fourth-order valence-corrected chi connectivity index (χ4v) is 4.40. The van der Waals surface area contributed by atoms with Gasteiger partial charge >= 0.3 is 0 Å². The van der Waals surface area contributed by atoms with Gasteiger partial charge < -0.3 is 5.32 Å². The van der Waals surface area contributed by atoms with Crippen LogP contribution >= 0.6 is 27.3 Å². The van der Waals surface area contributed by atoms with Crippen LogP contribution in [0, 0.1) is 5.92 Å². The predicted molar refractivity (Wildman–Crippen MR) is 75.3 cm³/mol. The highest BCUT2D eigenvalue weighted by Gasteiger charge is 2.38. The highest BCUT2D eigenvalue weighted by molar-refractivity contribution is 9.10. The first-order valence-electron chi connectivity index (χ1n) is 6.37. The molecule has 0 radical (unpaired) electrons. The molecule has 0 saturated heterocycles. The first-order valence-corrected chi connectivity index (χ1v) is 8.05. The summed E-state index contributed by atoms with van der Waals surface area (Å²) in [6.07, 6.45) is 1.27. The summed E-state index contributed by atoms with van der Waals surface area (Å²) in [5.41, 5.74) is 0. The molecular formula is C13H18BrF2NS. The third kappa shape index (κ3) is 3.31. The van der Waals surface area contributed by atoms with Crippen molar-refractivity contribution in [1.29, 1.82) is 0 Å². The monoisotopic (exact) mass is 337 g/mol. The Morgan fingerprint density at radius 1 is 1.50 bits per heavy atom. The molecule has 5 heteroatoms. The summed E-state index contributed by atoms with van der Waals surface area (Å²) < 4.78 is 27.5. The van der Waals surface area contributed by atoms with Gasteiger partial charge in [0.05, 0.1) is 0 Å². The minimum atomic E-state index is -2.44. The van der Waals surface area contributed by atoms with E-state index < -0.39 is 5.92 Å². The summed E-state index contributed by atoms with van der Waals surface area (Å²) in [6, 6.07) is 2.24. The Balaban J connectivity index is 2.10. The number of alkyl halides is 2. The van der Waals surface area contributed by atoms with Gasteiger partial charge in [0, 0.05) is 28.2 Å². The Kier molecular flexibility index (Phi) is 4.78. The summed E-state index contributed by atoms with van der Waals surface area (Å²) in [5.74, 6) is -2.13. The highest BCUT2D eigenvalue weighted by Crippen LogP contribution is 2.43. The second-order valence-electron chi connectivity index (χ2n) is 4.86. The Morgan fingerprint density at radius 2 is 2.17 bits per heavy atom. The van der Waals surface area contributed by atoms with Gasteiger partial charge in [0.25, 0.3) is 0 Å². The zero-order valence-electron chi connectivity index (χ0n) is 10.4. The molecule has 0 aliphatic heterocycles. The molecule has 1 aliphatic rings. The maximum atomic E-state index is 13.2. The van der Waals surface area contributed by atoms with E-state index in [1.807, 2.05) is 11.4 Å². The minimum absolute atomic E-state index is 0.0303. The molecule has 0 amide bonds. The highest BCUT2D eigenvalue weighted by atomic mass is 79.9. The van der Waals surface area contributed by atoms with Crippen LogP contribution in [0.5, 0.6) is 0 Å².